The molecule has 0 N–H and O–H groups in total. The Bertz CT molecular complexity index is 2840. The van der Waals surface area contributed by atoms with Crippen molar-refractivity contribution in [3.05, 3.63) is 121 Å². The van der Waals surface area contributed by atoms with E-state index in [-0.39, 0.29) is 0 Å². The van der Waals surface area contributed by atoms with Gasteiger partial charge in [-0.15, -0.1) is 11.3 Å². The normalized spacial score (nSPS) is 12.8. The Hall–Kier alpha value is -5.39. The second kappa shape index (κ2) is 7.27. The van der Waals surface area contributed by atoms with Crippen LogP contribution in [-0.4, -0.2) is 18.5 Å². The van der Waals surface area contributed by atoms with Gasteiger partial charge in [-0.25, -0.2) is 4.98 Å². The second-order valence-electron chi connectivity index (χ2n) is 11.2. The minimum Gasteiger partial charge on any atom is -0.308 e. The van der Waals surface area contributed by atoms with Crippen LogP contribution in [0.1, 0.15) is 0 Å². The average molecular weight is 553 g/mol. The SMILES string of the molecule is c1ccc(-n2c(-n3c4ccc5sc6ccc7c8ccccc8n8c9cccc3c9c4c5c6c78)nc3ccccc32)cc1. The molecule has 0 atom stereocenters. The molecule has 5 aromatic heterocycles. The van der Waals surface area contributed by atoms with Crippen LogP contribution in [0.2, 0.25) is 0 Å². The predicted octanol–water partition coefficient (Wildman–Crippen LogP) is 9.93. The fourth-order valence-electron chi connectivity index (χ4n) is 7.58. The number of thiophene rings is 1. The Morgan fingerprint density at radius 3 is 2.10 bits per heavy atom. The van der Waals surface area contributed by atoms with Crippen molar-refractivity contribution in [2.24, 2.45) is 0 Å². The molecule has 0 aliphatic rings. The fraction of sp³-hybridized carbons (Fsp3) is 0. The van der Waals surface area contributed by atoms with Gasteiger partial charge in [0, 0.05) is 47.4 Å². The van der Waals surface area contributed by atoms with E-state index in [1.807, 2.05) is 11.3 Å². The molecule has 11 rings (SSSR count). The van der Waals surface area contributed by atoms with Crippen LogP contribution in [0.3, 0.4) is 0 Å². The monoisotopic (exact) mass is 552 g/mol. The molecule has 0 spiro atoms. The average Bonchev–Trinajstić information content (AvgIpc) is 3.75. The Morgan fingerprint density at radius 2 is 1.17 bits per heavy atom. The number of benzene rings is 6. The molecule has 0 aliphatic heterocycles. The molecule has 11 aromatic rings. The third-order valence-electron chi connectivity index (χ3n) is 9.16. The van der Waals surface area contributed by atoms with Gasteiger partial charge < -0.3 is 4.40 Å². The van der Waals surface area contributed by atoms with Gasteiger partial charge in [0.25, 0.3) is 0 Å². The first-order valence-electron chi connectivity index (χ1n) is 14.2. The zero-order valence-corrected chi connectivity index (χ0v) is 23.1. The van der Waals surface area contributed by atoms with E-state index in [0.717, 1.165) is 22.7 Å². The van der Waals surface area contributed by atoms with E-state index < -0.39 is 0 Å². The van der Waals surface area contributed by atoms with E-state index in [9.17, 15) is 0 Å². The van der Waals surface area contributed by atoms with Crippen LogP contribution in [-0.2, 0) is 0 Å². The lowest BCUT2D eigenvalue weighted by Crippen LogP contribution is -2.05. The molecule has 42 heavy (non-hydrogen) atoms. The Kier molecular flexibility index (Phi) is 3.70. The van der Waals surface area contributed by atoms with Gasteiger partial charge in [0.1, 0.15) is 0 Å². The molecule has 0 fully saturated rings. The Balaban J connectivity index is 1.45. The van der Waals surface area contributed by atoms with Gasteiger partial charge in [-0.1, -0.05) is 60.7 Å². The standard InChI is InChI=1S/C37H20N4S/c1-2-9-21(10-3-1)39-26-14-7-5-12-24(26)38-37(39)41-28-16-8-15-27-32(28)33-29(41)18-20-30-34(33)35-31(42-30)19-17-23-22-11-4-6-13-25(22)40(27)36(23)35/h1-20H. The van der Waals surface area contributed by atoms with Gasteiger partial charge in [0.15, 0.2) is 0 Å². The van der Waals surface area contributed by atoms with Gasteiger partial charge >= 0.3 is 0 Å². The summed E-state index contributed by atoms with van der Waals surface area (Å²) in [5.41, 5.74) is 9.32. The number of hydrogen-bond donors (Lipinski definition) is 0. The maximum Gasteiger partial charge on any atom is 0.220 e. The molecule has 0 bridgehead atoms. The first-order chi connectivity index (χ1) is 20.9. The summed E-state index contributed by atoms with van der Waals surface area (Å²) in [4.78, 5) is 5.31. The maximum absolute atomic E-state index is 5.31. The Labute approximate surface area is 242 Å². The highest BCUT2D eigenvalue weighted by Gasteiger charge is 2.27. The van der Waals surface area contributed by atoms with Crippen molar-refractivity contribution in [3.8, 4) is 11.6 Å². The van der Waals surface area contributed by atoms with Crippen LogP contribution in [0.15, 0.2) is 121 Å². The van der Waals surface area contributed by atoms with E-state index in [1.54, 1.807) is 0 Å². The molecule has 0 radical (unpaired) electrons. The zero-order chi connectivity index (χ0) is 27.1. The predicted molar refractivity (Wildman–Crippen MR) is 177 cm³/mol. The fourth-order valence-corrected chi connectivity index (χ4v) is 8.69. The summed E-state index contributed by atoms with van der Waals surface area (Å²) in [5.74, 6) is 0.904. The first-order valence-corrected chi connectivity index (χ1v) is 15.1. The summed E-state index contributed by atoms with van der Waals surface area (Å²) < 4.78 is 9.87. The number of imidazole rings is 1. The number of nitrogens with zero attached hydrogens (tertiary/aromatic N) is 4. The lowest BCUT2D eigenvalue weighted by molar-refractivity contribution is 0.956. The number of hydrogen-bond acceptors (Lipinski definition) is 2. The smallest absolute Gasteiger partial charge is 0.220 e. The third kappa shape index (κ3) is 2.36. The molecule has 4 nitrogen and oxygen atoms in total. The molecule has 0 saturated heterocycles. The maximum atomic E-state index is 5.31. The summed E-state index contributed by atoms with van der Waals surface area (Å²) in [6.07, 6.45) is 0. The van der Waals surface area contributed by atoms with Crippen LogP contribution in [0.25, 0.3) is 92.0 Å². The number of para-hydroxylation sites is 4. The molecule has 5 heteroatoms. The zero-order valence-electron chi connectivity index (χ0n) is 22.2. The highest BCUT2D eigenvalue weighted by atomic mass is 32.1. The van der Waals surface area contributed by atoms with Crippen LogP contribution < -0.4 is 0 Å². The molecule has 0 unspecified atom stereocenters. The number of rotatable bonds is 2. The first kappa shape index (κ1) is 21.4. The van der Waals surface area contributed by atoms with Gasteiger partial charge in [-0.3, -0.25) is 9.13 Å². The van der Waals surface area contributed by atoms with Crippen molar-refractivity contribution in [1.29, 1.82) is 0 Å². The quantitative estimate of drug-likeness (QED) is 0.210. The molecule has 0 saturated carbocycles. The number of fused-ring (bicyclic) bond motifs is 5. The minimum absolute atomic E-state index is 0.904. The van der Waals surface area contributed by atoms with Crippen LogP contribution in [0.5, 0.6) is 0 Å². The van der Waals surface area contributed by atoms with Crippen LogP contribution in [0.4, 0.5) is 0 Å². The summed E-state index contributed by atoms with van der Waals surface area (Å²) in [6, 6.07) is 43.9. The molecule has 6 aromatic carbocycles. The second-order valence-corrected chi connectivity index (χ2v) is 12.3. The van der Waals surface area contributed by atoms with E-state index in [2.05, 4.69) is 135 Å². The lowest BCUT2D eigenvalue weighted by Gasteiger charge is -2.12. The highest BCUT2D eigenvalue weighted by molar-refractivity contribution is 7.26. The highest BCUT2D eigenvalue weighted by Crippen LogP contribution is 2.50. The van der Waals surface area contributed by atoms with Crippen molar-refractivity contribution in [2.75, 3.05) is 0 Å². The van der Waals surface area contributed by atoms with E-state index in [4.69, 9.17) is 4.98 Å². The van der Waals surface area contributed by atoms with Gasteiger partial charge in [-0.2, -0.15) is 0 Å². The van der Waals surface area contributed by atoms with Crippen molar-refractivity contribution >= 4 is 91.7 Å². The van der Waals surface area contributed by atoms with E-state index >= 15 is 0 Å². The van der Waals surface area contributed by atoms with Crippen LogP contribution >= 0.6 is 11.3 Å². The molecular formula is C37H20N4S. The Morgan fingerprint density at radius 1 is 0.452 bits per heavy atom. The minimum atomic E-state index is 0.904. The summed E-state index contributed by atoms with van der Waals surface area (Å²) in [5, 5.41) is 7.93. The number of aromatic nitrogens is 4. The van der Waals surface area contributed by atoms with Gasteiger partial charge in [0.05, 0.1) is 38.6 Å². The van der Waals surface area contributed by atoms with Crippen LogP contribution in [0, 0.1) is 0 Å². The largest absolute Gasteiger partial charge is 0.308 e. The molecule has 0 aliphatic carbocycles. The molecular weight excluding hydrogens is 533 g/mol. The van der Waals surface area contributed by atoms with Crippen molar-refractivity contribution < 1.29 is 0 Å². The topological polar surface area (TPSA) is 27.2 Å². The third-order valence-corrected chi connectivity index (χ3v) is 10.3. The van der Waals surface area contributed by atoms with Crippen molar-refractivity contribution in [3.63, 3.8) is 0 Å². The van der Waals surface area contributed by atoms with Gasteiger partial charge in [-0.05, 0) is 60.7 Å². The van der Waals surface area contributed by atoms with E-state index in [0.29, 0.717) is 0 Å². The molecule has 0 amide bonds. The van der Waals surface area contributed by atoms with Gasteiger partial charge in [0.2, 0.25) is 5.95 Å². The van der Waals surface area contributed by atoms with Crippen molar-refractivity contribution in [1.82, 2.24) is 18.5 Å². The summed E-state index contributed by atoms with van der Waals surface area (Å²) in [6.45, 7) is 0. The molecule has 5 heterocycles. The summed E-state index contributed by atoms with van der Waals surface area (Å²) >= 11 is 1.90. The summed E-state index contributed by atoms with van der Waals surface area (Å²) in [7, 11) is 0. The van der Waals surface area contributed by atoms with Crippen molar-refractivity contribution in [2.45, 2.75) is 0 Å². The van der Waals surface area contributed by atoms with E-state index in [1.165, 1.54) is 69.3 Å². The molecule has 194 valence electrons. The lowest BCUT2D eigenvalue weighted by atomic mass is 10.0.